The number of aromatic nitrogens is 3. The Bertz CT molecular complexity index is 1090. The highest BCUT2D eigenvalue weighted by molar-refractivity contribution is 7.99. The molecule has 0 bridgehead atoms. The molecule has 0 aliphatic carbocycles. The number of hydrogen-bond acceptors (Lipinski definition) is 7. The number of rotatable bonds is 7. The van der Waals surface area contributed by atoms with E-state index in [1.165, 1.54) is 23.1 Å². The summed E-state index contributed by atoms with van der Waals surface area (Å²) in [6.07, 6.45) is 1.65. The molecular formula is C22H25N5O3S2. The first-order valence-corrected chi connectivity index (χ1v) is 12.2. The van der Waals surface area contributed by atoms with Crippen molar-refractivity contribution in [3.8, 4) is 10.4 Å². The molecule has 1 aromatic carbocycles. The number of thioether (sulfide) groups is 1. The highest BCUT2D eigenvalue weighted by atomic mass is 32.2. The second-order valence-electron chi connectivity index (χ2n) is 7.27. The summed E-state index contributed by atoms with van der Waals surface area (Å²) in [5.74, 6) is -0.0722. The van der Waals surface area contributed by atoms with E-state index in [2.05, 4.69) is 15.5 Å². The van der Waals surface area contributed by atoms with Crippen LogP contribution in [0.4, 0.5) is 5.00 Å². The Morgan fingerprint density at radius 2 is 1.97 bits per heavy atom. The summed E-state index contributed by atoms with van der Waals surface area (Å²) < 4.78 is 7.28. The van der Waals surface area contributed by atoms with Crippen LogP contribution in [0.2, 0.25) is 0 Å². The monoisotopic (exact) mass is 471 g/mol. The fraction of sp³-hybridized carbons (Fsp3) is 0.364. The van der Waals surface area contributed by atoms with Gasteiger partial charge in [0.15, 0.2) is 5.16 Å². The molecule has 2 aromatic heterocycles. The number of aryl methyl sites for hydroxylation is 1. The van der Waals surface area contributed by atoms with Crippen molar-refractivity contribution in [3.63, 3.8) is 0 Å². The number of ether oxygens (including phenoxy) is 1. The normalized spacial score (nSPS) is 13.9. The molecule has 0 atom stereocenters. The number of nitrogens with zero attached hydrogens (tertiary/aromatic N) is 4. The Morgan fingerprint density at radius 1 is 1.22 bits per heavy atom. The minimum absolute atomic E-state index is 0.0714. The van der Waals surface area contributed by atoms with Crippen LogP contribution < -0.4 is 5.32 Å². The van der Waals surface area contributed by atoms with E-state index >= 15 is 0 Å². The molecule has 0 saturated carbocycles. The molecule has 1 saturated heterocycles. The Hall–Kier alpha value is -2.69. The van der Waals surface area contributed by atoms with Gasteiger partial charge in [-0.3, -0.25) is 9.59 Å². The van der Waals surface area contributed by atoms with E-state index in [1.54, 1.807) is 11.2 Å². The van der Waals surface area contributed by atoms with Gasteiger partial charge in [-0.2, -0.15) is 0 Å². The molecule has 8 nitrogen and oxygen atoms in total. The number of nitrogens with one attached hydrogen (secondary N) is 1. The van der Waals surface area contributed by atoms with Crippen LogP contribution in [0.5, 0.6) is 0 Å². The molecule has 0 spiro atoms. The van der Waals surface area contributed by atoms with E-state index in [1.807, 2.05) is 48.7 Å². The minimum atomic E-state index is -0.183. The summed E-state index contributed by atoms with van der Waals surface area (Å²) in [7, 11) is 0. The molecule has 2 amide bonds. The van der Waals surface area contributed by atoms with Crippen LogP contribution in [0.25, 0.3) is 10.4 Å². The van der Waals surface area contributed by atoms with E-state index in [4.69, 9.17) is 4.74 Å². The number of carbonyl (C=O) groups is 2. The van der Waals surface area contributed by atoms with Crippen LogP contribution in [0.3, 0.4) is 0 Å². The van der Waals surface area contributed by atoms with Gasteiger partial charge in [0.25, 0.3) is 5.91 Å². The van der Waals surface area contributed by atoms with Crippen molar-refractivity contribution in [3.05, 3.63) is 47.8 Å². The van der Waals surface area contributed by atoms with Crippen LogP contribution in [0, 0.1) is 6.92 Å². The fourth-order valence-corrected chi connectivity index (χ4v) is 5.51. The van der Waals surface area contributed by atoms with Crippen LogP contribution in [-0.2, 0) is 16.1 Å². The van der Waals surface area contributed by atoms with Crippen molar-refractivity contribution < 1.29 is 14.3 Å². The minimum Gasteiger partial charge on any atom is -0.378 e. The predicted molar refractivity (Wildman–Crippen MR) is 126 cm³/mol. The van der Waals surface area contributed by atoms with E-state index < -0.39 is 0 Å². The third-order valence-corrected chi connectivity index (χ3v) is 7.44. The molecule has 168 valence electrons. The van der Waals surface area contributed by atoms with Gasteiger partial charge in [-0.25, -0.2) is 0 Å². The van der Waals surface area contributed by atoms with Gasteiger partial charge in [-0.15, -0.1) is 21.5 Å². The summed E-state index contributed by atoms with van der Waals surface area (Å²) in [5.41, 5.74) is 2.47. The van der Waals surface area contributed by atoms with Gasteiger partial charge < -0.3 is 19.5 Å². The zero-order valence-electron chi connectivity index (χ0n) is 18.0. The molecule has 1 aliphatic heterocycles. The van der Waals surface area contributed by atoms with Crippen molar-refractivity contribution >= 4 is 39.9 Å². The van der Waals surface area contributed by atoms with Crippen molar-refractivity contribution in [1.82, 2.24) is 19.7 Å². The predicted octanol–water partition coefficient (Wildman–Crippen LogP) is 3.54. The molecule has 3 aromatic rings. The lowest BCUT2D eigenvalue weighted by Gasteiger charge is -2.27. The summed E-state index contributed by atoms with van der Waals surface area (Å²) in [5, 5.41) is 12.2. The number of anilines is 1. The van der Waals surface area contributed by atoms with E-state index in [0.29, 0.717) is 42.0 Å². The molecule has 1 fully saturated rings. The van der Waals surface area contributed by atoms with E-state index in [9.17, 15) is 9.59 Å². The summed E-state index contributed by atoms with van der Waals surface area (Å²) >= 11 is 2.76. The van der Waals surface area contributed by atoms with Crippen LogP contribution in [-0.4, -0.2) is 63.5 Å². The Kier molecular flexibility index (Phi) is 7.23. The third kappa shape index (κ3) is 4.87. The van der Waals surface area contributed by atoms with Gasteiger partial charge in [0.2, 0.25) is 5.91 Å². The number of carbonyl (C=O) groups excluding carboxylic acids is 2. The summed E-state index contributed by atoms with van der Waals surface area (Å²) in [6, 6.07) is 9.93. The summed E-state index contributed by atoms with van der Waals surface area (Å²) in [6.45, 7) is 6.82. The molecule has 0 unspecified atom stereocenters. The van der Waals surface area contributed by atoms with E-state index in [0.717, 1.165) is 22.5 Å². The SMILES string of the molecule is CCn1cnnc1SCC(=O)Nc1sc(-c2ccccc2)c(C)c1C(=O)N1CCOCC1. The van der Waals surface area contributed by atoms with Gasteiger partial charge in [0.05, 0.1) is 24.5 Å². The first-order chi connectivity index (χ1) is 15.6. The number of morpholine rings is 1. The van der Waals surface area contributed by atoms with Gasteiger partial charge in [-0.1, -0.05) is 42.1 Å². The maximum atomic E-state index is 13.4. The fourth-order valence-electron chi connectivity index (χ4n) is 3.51. The van der Waals surface area contributed by atoms with Gasteiger partial charge in [0, 0.05) is 24.5 Å². The zero-order valence-corrected chi connectivity index (χ0v) is 19.7. The molecule has 4 rings (SSSR count). The van der Waals surface area contributed by atoms with Gasteiger partial charge >= 0.3 is 0 Å². The molecular weight excluding hydrogens is 446 g/mol. The lowest BCUT2D eigenvalue weighted by atomic mass is 10.1. The second-order valence-corrected chi connectivity index (χ2v) is 9.23. The van der Waals surface area contributed by atoms with Gasteiger partial charge in [-0.05, 0) is 25.0 Å². The molecule has 1 aliphatic rings. The van der Waals surface area contributed by atoms with Crippen molar-refractivity contribution in [2.24, 2.45) is 0 Å². The first-order valence-electron chi connectivity index (χ1n) is 10.4. The van der Waals surface area contributed by atoms with E-state index in [-0.39, 0.29) is 17.6 Å². The maximum Gasteiger partial charge on any atom is 0.257 e. The molecule has 1 N–H and O–H groups in total. The number of benzene rings is 1. The highest BCUT2D eigenvalue weighted by Gasteiger charge is 2.28. The maximum absolute atomic E-state index is 13.4. The van der Waals surface area contributed by atoms with Crippen molar-refractivity contribution in [2.75, 3.05) is 37.4 Å². The lowest BCUT2D eigenvalue weighted by molar-refractivity contribution is -0.113. The number of amides is 2. The Labute approximate surface area is 195 Å². The molecule has 32 heavy (non-hydrogen) atoms. The van der Waals surface area contributed by atoms with Crippen molar-refractivity contribution in [2.45, 2.75) is 25.5 Å². The lowest BCUT2D eigenvalue weighted by Crippen LogP contribution is -2.41. The number of hydrogen-bond donors (Lipinski definition) is 1. The van der Waals surface area contributed by atoms with Crippen LogP contribution in [0.1, 0.15) is 22.8 Å². The molecule has 3 heterocycles. The average Bonchev–Trinajstić information content (AvgIpc) is 3.42. The third-order valence-electron chi connectivity index (χ3n) is 5.20. The largest absolute Gasteiger partial charge is 0.378 e. The standard InChI is InChI=1S/C22H25N5O3S2/c1-3-26-14-23-25-22(26)31-13-17(28)24-20-18(21(29)27-9-11-30-12-10-27)15(2)19(32-20)16-7-5-4-6-8-16/h4-8,14H,3,9-13H2,1-2H3,(H,24,28). The van der Waals surface area contributed by atoms with Gasteiger partial charge in [0.1, 0.15) is 11.3 Å². The molecule has 0 radical (unpaired) electrons. The zero-order chi connectivity index (χ0) is 22.5. The Morgan fingerprint density at radius 3 is 2.69 bits per heavy atom. The summed E-state index contributed by atoms with van der Waals surface area (Å²) in [4.78, 5) is 29.0. The average molecular weight is 472 g/mol. The quantitative estimate of drug-likeness (QED) is 0.530. The smallest absolute Gasteiger partial charge is 0.257 e. The van der Waals surface area contributed by atoms with Crippen LogP contribution in [0.15, 0.2) is 41.8 Å². The topological polar surface area (TPSA) is 89.3 Å². The second kappa shape index (κ2) is 10.3. The van der Waals surface area contributed by atoms with Crippen LogP contribution >= 0.6 is 23.1 Å². The highest BCUT2D eigenvalue weighted by Crippen LogP contribution is 2.40. The number of thiophene rings is 1. The molecule has 10 heteroatoms. The Balaban J connectivity index is 1.59. The van der Waals surface area contributed by atoms with Crippen molar-refractivity contribution in [1.29, 1.82) is 0 Å². The first kappa shape index (κ1) is 22.5.